The Bertz CT molecular complexity index is 996. The number of nitrogens with zero attached hydrogens (tertiary/aromatic N) is 2. The van der Waals surface area contributed by atoms with Crippen LogP contribution in [0.1, 0.15) is 11.1 Å². The highest BCUT2D eigenvalue weighted by Gasteiger charge is 2.20. The first kappa shape index (κ1) is 24.2. The molecule has 0 saturated carbocycles. The van der Waals surface area contributed by atoms with Crippen molar-refractivity contribution in [2.45, 2.75) is 17.9 Å². The minimum Gasteiger partial charge on any atom is -0.454 e. The van der Waals surface area contributed by atoms with Crippen LogP contribution in [0.2, 0.25) is 0 Å². The summed E-state index contributed by atoms with van der Waals surface area (Å²) in [5.41, 5.74) is 1.81. The van der Waals surface area contributed by atoms with Crippen molar-refractivity contribution in [3.05, 3.63) is 53.6 Å². The molecule has 10 heteroatoms. The Morgan fingerprint density at radius 2 is 1.83 bits per heavy atom. The largest absolute Gasteiger partial charge is 0.454 e. The van der Waals surface area contributed by atoms with Crippen LogP contribution in [0.4, 0.5) is 0 Å². The number of aliphatic imine (C=N–C) groups is 1. The minimum absolute atomic E-state index is 0. The number of nitrogens with one attached hydrogen (secondary N) is 2. The zero-order valence-corrected chi connectivity index (χ0v) is 20.4. The molecule has 30 heavy (non-hydrogen) atoms. The van der Waals surface area contributed by atoms with Crippen LogP contribution in [0.5, 0.6) is 11.5 Å². The van der Waals surface area contributed by atoms with Crippen LogP contribution in [0, 0.1) is 0 Å². The first-order valence-electron chi connectivity index (χ1n) is 9.25. The van der Waals surface area contributed by atoms with Gasteiger partial charge in [0.15, 0.2) is 17.5 Å². The van der Waals surface area contributed by atoms with E-state index in [4.69, 9.17) is 9.47 Å². The molecular formula is C20H27IN4O4S. The third-order valence-electron chi connectivity index (χ3n) is 4.54. The number of hydrogen-bond acceptors (Lipinski definition) is 5. The number of benzene rings is 2. The number of rotatable bonds is 7. The molecule has 164 valence electrons. The fraction of sp³-hybridized carbons (Fsp3) is 0.350. The fourth-order valence-electron chi connectivity index (χ4n) is 2.92. The molecule has 3 rings (SSSR count). The molecular weight excluding hydrogens is 519 g/mol. The van der Waals surface area contributed by atoms with Crippen LogP contribution < -0.4 is 20.1 Å². The summed E-state index contributed by atoms with van der Waals surface area (Å²) in [5, 5.41) is 6.42. The van der Waals surface area contributed by atoms with Gasteiger partial charge in [-0.05, 0) is 35.7 Å². The summed E-state index contributed by atoms with van der Waals surface area (Å²) < 4.78 is 37.0. The Labute approximate surface area is 194 Å². The van der Waals surface area contributed by atoms with Gasteiger partial charge in [0.25, 0.3) is 0 Å². The molecule has 0 atom stereocenters. The van der Waals surface area contributed by atoms with Gasteiger partial charge >= 0.3 is 0 Å². The molecule has 0 aliphatic carbocycles. The van der Waals surface area contributed by atoms with Crippen LogP contribution in [-0.4, -0.2) is 53.2 Å². The van der Waals surface area contributed by atoms with E-state index in [0.717, 1.165) is 23.5 Å². The van der Waals surface area contributed by atoms with Gasteiger partial charge in [-0.2, -0.15) is 0 Å². The van der Waals surface area contributed by atoms with Crippen molar-refractivity contribution in [3.8, 4) is 11.5 Å². The zero-order chi connectivity index (χ0) is 20.9. The molecule has 8 nitrogen and oxygen atoms in total. The summed E-state index contributed by atoms with van der Waals surface area (Å²) in [6.45, 7) is 1.27. The Balaban J connectivity index is 0.00000320. The number of hydrogen-bond donors (Lipinski definition) is 2. The lowest BCUT2D eigenvalue weighted by Gasteiger charge is -2.17. The molecule has 0 saturated heterocycles. The van der Waals surface area contributed by atoms with Gasteiger partial charge in [-0.1, -0.05) is 24.3 Å². The average molecular weight is 546 g/mol. The first-order valence-corrected chi connectivity index (χ1v) is 10.7. The number of fused-ring (bicyclic) bond motifs is 1. The summed E-state index contributed by atoms with van der Waals surface area (Å²) in [5.74, 6) is 2.14. The molecule has 2 aromatic carbocycles. The van der Waals surface area contributed by atoms with Crippen molar-refractivity contribution in [2.24, 2.45) is 4.99 Å². The molecule has 0 spiro atoms. The monoisotopic (exact) mass is 546 g/mol. The molecule has 0 unspecified atom stereocenters. The van der Waals surface area contributed by atoms with Crippen LogP contribution in [0.15, 0.2) is 52.4 Å². The van der Waals surface area contributed by atoms with E-state index in [1.54, 1.807) is 25.2 Å². The van der Waals surface area contributed by atoms with Crippen molar-refractivity contribution < 1.29 is 17.9 Å². The fourth-order valence-corrected chi connectivity index (χ4v) is 4.03. The van der Waals surface area contributed by atoms with Crippen molar-refractivity contribution in [2.75, 3.05) is 34.5 Å². The van der Waals surface area contributed by atoms with E-state index >= 15 is 0 Å². The van der Waals surface area contributed by atoms with Crippen LogP contribution in [0.3, 0.4) is 0 Å². The number of halogens is 1. The molecule has 2 N–H and O–H groups in total. The van der Waals surface area contributed by atoms with Crippen LogP contribution in [-0.2, 0) is 23.0 Å². The lowest BCUT2D eigenvalue weighted by atomic mass is 10.1. The predicted octanol–water partition coefficient (Wildman–Crippen LogP) is 2.19. The van der Waals surface area contributed by atoms with Gasteiger partial charge in [0.1, 0.15) is 0 Å². The smallest absolute Gasteiger partial charge is 0.242 e. The predicted molar refractivity (Wildman–Crippen MR) is 127 cm³/mol. The zero-order valence-electron chi connectivity index (χ0n) is 17.2. The molecule has 1 aliphatic heterocycles. The Kier molecular flexibility index (Phi) is 8.74. The first-order chi connectivity index (χ1) is 13.9. The maximum absolute atomic E-state index is 12.5. The summed E-state index contributed by atoms with van der Waals surface area (Å²) in [4.78, 5) is 4.49. The summed E-state index contributed by atoms with van der Waals surface area (Å²) in [6, 6.07) is 12.8. The van der Waals surface area contributed by atoms with Gasteiger partial charge in [0, 0.05) is 34.2 Å². The summed E-state index contributed by atoms with van der Waals surface area (Å²) >= 11 is 0. The van der Waals surface area contributed by atoms with E-state index in [1.807, 2.05) is 24.3 Å². The number of ether oxygens (including phenoxy) is 2. The van der Waals surface area contributed by atoms with Crippen molar-refractivity contribution in [1.29, 1.82) is 0 Å². The molecule has 0 aromatic heterocycles. The van der Waals surface area contributed by atoms with E-state index in [-0.39, 0.29) is 35.7 Å². The van der Waals surface area contributed by atoms with E-state index in [0.29, 0.717) is 24.6 Å². The Morgan fingerprint density at radius 1 is 1.10 bits per heavy atom. The number of sulfonamides is 1. The highest BCUT2D eigenvalue weighted by Crippen LogP contribution is 2.32. The quantitative estimate of drug-likeness (QED) is 0.315. The second kappa shape index (κ2) is 10.8. The highest BCUT2D eigenvalue weighted by molar-refractivity contribution is 14.0. The number of guanidine groups is 1. The molecule has 2 aromatic rings. The third kappa shape index (κ3) is 5.76. The normalized spacial score (nSPS) is 13.1. The van der Waals surface area contributed by atoms with E-state index in [1.165, 1.54) is 18.4 Å². The van der Waals surface area contributed by atoms with Gasteiger partial charge in [-0.3, -0.25) is 4.99 Å². The Morgan fingerprint density at radius 3 is 2.57 bits per heavy atom. The second-order valence-electron chi connectivity index (χ2n) is 6.69. The van der Waals surface area contributed by atoms with E-state index in [2.05, 4.69) is 15.6 Å². The van der Waals surface area contributed by atoms with Gasteiger partial charge < -0.3 is 20.1 Å². The SMILES string of the molecule is CN=C(NCCc1ccc2c(c1)OCO2)NCc1ccccc1S(=O)(=O)N(C)C.I. The minimum atomic E-state index is -3.51. The summed E-state index contributed by atoms with van der Waals surface area (Å²) in [7, 11) is 1.22. The standard InChI is InChI=1S/C20H26N4O4S.HI/c1-21-20(22-11-10-15-8-9-17-18(12-15)28-14-27-17)23-13-16-6-4-5-7-19(16)29(25,26)24(2)3;/h4-9,12H,10-11,13-14H2,1-3H3,(H2,21,22,23);1H. The Hall–Kier alpha value is -2.05. The molecule has 0 amide bonds. The molecule has 1 heterocycles. The maximum atomic E-state index is 12.5. The molecule has 0 bridgehead atoms. The lowest BCUT2D eigenvalue weighted by Crippen LogP contribution is -2.38. The lowest BCUT2D eigenvalue weighted by molar-refractivity contribution is 0.174. The van der Waals surface area contributed by atoms with Gasteiger partial charge in [-0.15, -0.1) is 24.0 Å². The molecule has 0 radical (unpaired) electrons. The van der Waals surface area contributed by atoms with Crippen LogP contribution in [0.25, 0.3) is 0 Å². The van der Waals surface area contributed by atoms with Crippen molar-refractivity contribution in [1.82, 2.24) is 14.9 Å². The highest BCUT2D eigenvalue weighted by atomic mass is 127. The van der Waals surface area contributed by atoms with Crippen molar-refractivity contribution >= 4 is 40.0 Å². The average Bonchev–Trinajstić information content (AvgIpc) is 3.18. The molecule has 1 aliphatic rings. The third-order valence-corrected chi connectivity index (χ3v) is 6.46. The van der Waals surface area contributed by atoms with E-state index < -0.39 is 10.0 Å². The second-order valence-corrected chi connectivity index (χ2v) is 8.81. The maximum Gasteiger partial charge on any atom is 0.242 e. The van der Waals surface area contributed by atoms with Crippen molar-refractivity contribution in [3.63, 3.8) is 0 Å². The molecule has 0 fully saturated rings. The topological polar surface area (TPSA) is 92.3 Å². The summed E-state index contributed by atoms with van der Waals surface area (Å²) in [6.07, 6.45) is 0.781. The van der Waals surface area contributed by atoms with Gasteiger partial charge in [-0.25, -0.2) is 12.7 Å². The van der Waals surface area contributed by atoms with Gasteiger partial charge in [0.05, 0.1) is 4.90 Å². The van der Waals surface area contributed by atoms with E-state index in [9.17, 15) is 8.42 Å². The van der Waals surface area contributed by atoms with Crippen LogP contribution >= 0.6 is 24.0 Å². The van der Waals surface area contributed by atoms with Gasteiger partial charge in [0.2, 0.25) is 16.8 Å².